The Balaban J connectivity index is 1.86. The Hall–Kier alpha value is -3.26. The van der Waals surface area contributed by atoms with Crippen molar-refractivity contribution < 1.29 is 23.8 Å². The predicted molar refractivity (Wildman–Crippen MR) is 97.4 cm³/mol. The zero-order valence-electron chi connectivity index (χ0n) is 14.6. The lowest BCUT2D eigenvalue weighted by molar-refractivity contribution is -0.125. The van der Waals surface area contributed by atoms with Gasteiger partial charge in [-0.05, 0) is 30.2 Å². The fourth-order valence-electron chi connectivity index (χ4n) is 2.09. The van der Waals surface area contributed by atoms with Crippen molar-refractivity contribution in [2.24, 2.45) is 5.10 Å². The first-order chi connectivity index (χ1) is 13.0. The molecular weight excluding hydrogens is 353 g/mol. The summed E-state index contributed by atoms with van der Waals surface area (Å²) in [5.41, 5.74) is 3.57. The number of hydrogen-bond donors (Lipinski definition) is 3. The van der Waals surface area contributed by atoms with Crippen LogP contribution in [0, 0.1) is 5.82 Å². The van der Waals surface area contributed by atoms with Crippen LogP contribution in [0.4, 0.5) is 9.18 Å². The van der Waals surface area contributed by atoms with Crippen LogP contribution < -0.4 is 10.7 Å². The molecule has 0 spiro atoms. The normalized spacial score (nSPS) is 13.0. The van der Waals surface area contributed by atoms with Crippen molar-refractivity contribution >= 4 is 18.2 Å². The summed E-state index contributed by atoms with van der Waals surface area (Å²) in [6.07, 6.45) is -0.706. The van der Waals surface area contributed by atoms with E-state index in [-0.39, 0.29) is 12.4 Å². The number of rotatable bonds is 7. The summed E-state index contributed by atoms with van der Waals surface area (Å²) in [7, 11) is 0. The Morgan fingerprint density at radius 1 is 1.19 bits per heavy atom. The Kier molecular flexibility index (Phi) is 7.45. The van der Waals surface area contributed by atoms with E-state index in [2.05, 4.69) is 15.8 Å². The third kappa shape index (κ3) is 6.87. The van der Waals surface area contributed by atoms with Crippen LogP contribution in [0.5, 0.6) is 0 Å². The summed E-state index contributed by atoms with van der Waals surface area (Å²) < 4.78 is 17.9. The number of carbonyl (C=O) groups excluding carboxylic acids is 2. The molecule has 3 N–H and O–H groups in total. The highest BCUT2D eigenvalue weighted by molar-refractivity contribution is 5.87. The van der Waals surface area contributed by atoms with E-state index in [9.17, 15) is 19.1 Å². The minimum Gasteiger partial charge on any atom is -0.445 e. The van der Waals surface area contributed by atoms with Crippen LogP contribution in [0.2, 0.25) is 0 Å². The van der Waals surface area contributed by atoms with Gasteiger partial charge in [-0.15, -0.1) is 0 Å². The van der Waals surface area contributed by atoms with Gasteiger partial charge >= 0.3 is 6.09 Å². The van der Waals surface area contributed by atoms with E-state index in [0.29, 0.717) is 5.56 Å². The summed E-state index contributed by atoms with van der Waals surface area (Å²) in [6.45, 7) is 1.38. The van der Waals surface area contributed by atoms with E-state index in [1.54, 1.807) is 12.1 Å². The molecule has 0 saturated heterocycles. The van der Waals surface area contributed by atoms with Gasteiger partial charge in [-0.2, -0.15) is 5.10 Å². The third-order valence-electron chi connectivity index (χ3n) is 3.51. The maximum atomic E-state index is 12.8. The maximum absolute atomic E-state index is 12.8. The molecule has 142 valence electrons. The minimum atomic E-state index is -1.25. The van der Waals surface area contributed by atoms with Crippen LogP contribution in [0.1, 0.15) is 18.1 Å². The van der Waals surface area contributed by atoms with Crippen LogP contribution in [-0.4, -0.2) is 35.5 Å². The second kappa shape index (κ2) is 10.0. The first-order valence-corrected chi connectivity index (χ1v) is 8.19. The van der Waals surface area contributed by atoms with Gasteiger partial charge in [0.25, 0.3) is 5.91 Å². The number of hydrogen-bond acceptors (Lipinski definition) is 5. The van der Waals surface area contributed by atoms with Gasteiger partial charge in [-0.1, -0.05) is 42.5 Å². The van der Waals surface area contributed by atoms with Crippen molar-refractivity contribution in [1.29, 1.82) is 0 Å². The van der Waals surface area contributed by atoms with Gasteiger partial charge in [0, 0.05) is 0 Å². The smallest absolute Gasteiger partial charge is 0.408 e. The van der Waals surface area contributed by atoms with Crippen LogP contribution in [0.15, 0.2) is 59.7 Å². The van der Waals surface area contributed by atoms with E-state index < -0.39 is 24.1 Å². The number of aliphatic hydroxyl groups excluding tert-OH is 1. The zero-order valence-corrected chi connectivity index (χ0v) is 14.6. The Morgan fingerprint density at radius 3 is 2.48 bits per heavy atom. The van der Waals surface area contributed by atoms with Crippen molar-refractivity contribution in [2.75, 3.05) is 0 Å². The van der Waals surface area contributed by atoms with Gasteiger partial charge in [0.2, 0.25) is 0 Å². The molecule has 0 unspecified atom stereocenters. The summed E-state index contributed by atoms with van der Waals surface area (Å²) in [5, 5.41) is 15.8. The van der Waals surface area contributed by atoms with Crippen LogP contribution in [-0.2, 0) is 16.1 Å². The molecule has 0 heterocycles. The number of hydrazone groups is 1. The highest BCUT2D eigenvalue weighted by atomic mass is 19.1. The summed E-state index contributed by atoms with van der Waals surface area (Å²) in [5.74, 6) is -1.11. The third-order valence-corrected chi connectivity index (χ3v) is 3.51. The first kappa shape index (κ1) is 20.1. The fraction of sp³-hybridized carbons (Fsp3) is 0.211. The van der Waals surface area contributed by atoms with Crippen molar-refractivity contribution in [3.05, 3.63) is 71.5 Å². The molecular formula is C19H20FN3O4. The van der Waals surface area contributed by atoms with Gasteiger partial charge in [0.1, 0.15) is 18.5 Å². The van der Waals surface area contributed by atoms with Crippen molar-refractivity contribution in [1.82, 2.24) is 10.7 Å². The van der Waals surface area contributed by atoms with E-state index in [1.165, 1.54) is 37.4 Å². The second-order valence-corrected chi connectivity index (χ2v) is 5.71. The molecule has 2 aromatic rings. The number of halogens is 1. The number of nitrogens with zero attached hydrogens (tertiary/aromatic N) is 1. The number of ether oxygens (including phenoxy) is 1. The molecule has 0 aliphatic heterocycles. The highest BCUT2D eigenvalue weighted by Gasteiger charge is 2.26. The minimum absolute atomic E-state index is 0.0313. The van der Waals surface area contributed by atoms with Crippen LogP contribution in [0.25, 0.3) is 0 Å². The van der Waals surface area contributed by atoms with Crippen LogP contribution >= 0.6 is 0 Å². The standard InChI is InChI=1S/C19H20FN3O4/c1-13(24)17(22-19(26)27-12-15-5-3-2-4-6-15)18(25)23-21-11-14-7-9-16(20)10-8-14/h2-11,13,17,24H,12H2,1H3,(H,22,26)(H,23,25)/b21-11-/t13-,17+/m1/s1. The summed E-state index contributed by atoms with van der Waals surface area (Å²) in [4.78, 5) is 24.0. The lowest BCUT2D eigenvalue weighted by Gasteiger charge is -2.19. The van der Waals surface area contributed by atoms with Gasteiger partial charge in [0.15, 0.2) is 0 Å². The molecule has 27 heavy (non-hydrogen) atoms. The zero-order chi connectivity index (χ0) is 19.6. The summed E-state index contributed by atoms with van der Waals surface area (Å²) in [6, 6.07) is 13.3. The van der Waals surface area contributed by atoms with E-state index >= 15 is 0 Å². The first-order valence-electron chi connectivity index (χ1n) is 8.19. The molecule has 2 aromatic carbocycles. The predicted octanol–water partition coefficient (Wildman–Crippen LogP) is 1.95. The number of amides is 2. The van der Waals surface area contributed by atoms with Crippen LogP contribution in [0.3, 0.4) is 0 Å². The molecule has 2 amide bonds. The molecule has 7 nitrogen and oxygen atoms in total. The molecule has 0 saturated carbocycles. The molecule has 8 heteroatoms. The molecule has 0 aromatic heterocycles. The highest BCUT2D eigenvalue weighted by Crippen LogP contribution is 2.02. The lowest BCUT2D eigenvalue weighted by atomic mass is 10.2. The Labute approximate surface area is 155 Å². The van der Waals surface area contributed by atoms with E-state index in [0.717, 1.165) is 5.56 Å². The Bertz CT molecular complexity index is 779. The number of alkyl carbamates (subject to hydrolysis) is 1. The average molecular weight is 373 g/mol. The number of carbonyl (C=O) groups is 2. The van der Waals surface area contributed by atoms with Crippen molar-refractivity contribution in [3.8, 4) is 0 Å². The van der Waals surface area contributed by atoms with Gasteiger partial charge in [-0.3, -0.25) is 4.79 Å². The molecule has 0 aliphatic carbocycles. The van der Waals surface area contributed by atoms with E-state index in [4.69, 9.17) is 4.74 Å². The monoisotopic (exact) mass is 373 g/mol. The summed E-state index contributed by atoms with van der Waals surface area (Å²) >= 11 is 0. The fourth-order valence-corrected chi connectivity index (χ4v) is 2.09. The van der Waals surface area contributed by atoms with Gasteiger partial charge < -0.3 is 15.2 Å². The Morgan fingerprint density at radius 2 is 1.85 bits per heavy atom. The molecule has 0 bridgehead atoms. The van der Waals surface area contributed by atoms with Gasteiger partial charge in [0.05, 0.1) is 12.3 Å². The molecule has 2 atom stereocenters. The van der Waals surface area contributed by atoms with Crippen molar-refractivity contribution in [2.45, 2.75) is 25.7 Å². The maximum Gasteiger partial charge on any atom is 0.408 e. The van der Waals surface area contributed by atoms with E-state index in [1.807, 2.05) is 18.2 Å². The lowest BCUT2D eigenvalue weighted by Crippen LogP contribution is -2.51. The SMILES string of the molecule is C[C@@H](O)[C@H](NC(=O)OCc1ccccc1)C(=O)N/N=C\c1ccc(F)cc1. The number of nitrogens with one attached hydrogen (secondary N) is 2. The molecule has 2 rings (SSSR count). The second-order valence-electron chi connectivity index (χ2n) is 5.71. The molecule has 0 radical (unpaired) electrons. The van der Waals surface area contributed by atoms with Gasteiger partial charge in [-0.25, -0.2) is 14.6 Å². The average Bonchev–Trinajstić information content (AvgIpc) is 2.66. The molecule has 0 fully saturated rings. The largest absolute Gasteiger partial charge is 0.445 e. The topological polar surface area (TPSA) is 100 Å². The number of aliphatic hydroxyl groups is 1. The van der Waals surface area contributed by atoms with Crippen molar-refractivity contribution in [3.63, 3.8) is 0 Å². The molecule has 0 aliphatic rings. The quantitative estimate of drug-likeness (QED) is 0.510. The number of benzene rings is 2.